The number of carbonyl (C=O) groups is 2. The van der Waals surface area contributed by atoms with Crippen LogP contribution in [-0.4, -0.2) is 47.9 Å². The van der Waals surface area contributed by atoms with E-state index in [0.717, 1.165) is 11.8 Å². The van der Waals surface area contributed by atoms with E-state index in [0.29, 0.717) is 44.2 Å². The standard InChI is InChI=1S/C20H26FN3O2/c21-17-3-5-18(6-4-17)22-20(26)24-9-7-23(8-10-24)19(25)13-16-12-14-1-2-15(16)11-14/h3-6,14-16H,1-2,7-13H2,(H,22,26). The van der Waals surface area contributed by atoms with Crippen molar-refractivity contribution in [2.24, 2.45) is 17.8 Å². The van der Waals surface area contributed by atoms with Gasteiger partial charge in [-0.3, -0.25) is 4.79 Å². The van der Waals surface area contributed by atoms with E-state index >= 15 is 0 Å². The van der Waals surface area contributed by atoms with Crippen LogP contribution >= 0.6 is 0 Å². The van der Waals surface area contributed by atoms with E-state index in [4.69, 9.17) is 0 Å². The molecule has 3 amide bonds. The molecule has 4 rings (SSSR count). The van der Waals surface area contributed by atoms with Gasteiger partial charge in [0.15, 0.2) is 0 Å². The Morgan fingerprint density at radius 2 is 1.69 bits per heavy atom. The van der Waals surface area contributed by atoms with Crippen molar-refractivity contribution in [3.63, 3.8) is 0 Å². The summed E-state index contributed by atoms with van der Waals surface area (Å²) in [6.07, 6.45) is 5.91. The van der Waals surface area contributed by atoms with E-state index < -0.39 is 0 Å². The zero-order valence-corrected chi connectivity index (χ0v) is 15.0. The normalized spacial score (nSPS) is 27.7. The molecule has 1 aromatic carbocycles. The zero-order chi connectivity index (χ0) is 18.1. The summed E-state index contributed by atoms with van der Waals surface area (Å²) in [5, 5.41) is 2.78. The van der Waals surface area contributed by atoms with Crippen LogP contribution in [-0.2, 0) is 4.79 Å². The second kappa shape index (κ2) is 7.25. The van der Waals surface area contributed by atoms with Gasteiger partial charge >= 0.3 is 6.03 Å². The van der Waals surface area contributed by atoms with Crippen molar-refractivity contribution in [2.45, 2.75) is 32.1 Å². The Labute approximate surface area is 153 Å². The van der Waals surface area contributed by atoms with E-state index in [2.05, 4.69) is 5.32 Å². The minimum Gasteiger partial charge on any atom is -0.339 e. The number of carbonyl (C=O) groups excluding carboxylic acids is 2. The number of amides is 3. The SMILES string of the molecule is O=C(CC1CC2CCC1C2)N1CCN(C(=O)Nc2ccc(F)cc2)CC1. The van der Waals surface area contributed by atoms with E-state index in [1.54, 1.807) is 17.0 Å². The Hall–Kier alpha value is -2.11. The molecule has 3 fully saturated rings. The molecule has 0 spiro atoms. The van der Waals surface area contributed by atoms with Crippen molar-refractivity contribution < 1.29 is 14.0 Å². The van der Waals surface area contributed by atoms with Gasteiger partial charge in [-0.05, 0) is 61.3 Å². The Morgan fingerprint density at radius 3 is 2.31 bits per heavy atom. The van der Waals surface area contributed by atoms with E-state index in [1.807, 2.05) is 4.90 Å². The second-order valence-corrected chi connectivity index (χ2v) is 7.94. The highest BCUT2D eigenvalue weighted by atomic mass is 19.1. The summed E-state index contributed by atoms with van der Waals surface area (Å²) in [5.74, 6) is 2.14. The van der Waals surface area contributed by atoms with Crippen molar-refractivity contribution >= 4 is 17.6 Å². The Bertz CT molecular complexity index is 670. The maximum Gasteiger partial charge on any atom is 0.321 e. The van der Waals surface area contributed by atoms with Crippen LogP contribution in [0.4, 0.5) is 14.9 Å². The number of hydrogen-bond acceptors (Lipinski definition) is 2. The molecular weight excluding hydrogens is 333 g/mol. The number of rotatable bonds is 3. The third kappa shape index (κ3) is 3.69. The lowest BCUT2D eigenvalue weighted by Crippen LogP contribution is -2.52. The summed E-state index contributed by atoms with van der Waals surface area (Å²) in [5.41, 5.74) is 0.575. The summed E-state index contributed by atoms with van der Waals surface area (Å²) in [6.45, 7) is 2.26. The molecule has 3 aliphatic rings. The second-order valence-electron chi connectivity index (χ2n) is 7.94. The molecule has 6 heteroatoms. The Balaban J connectivity index is 1.23. The van der Waals surface area contributed by atoms with Crippen molar-refractivity contribution in [2.75, 3.05) is 31.5 Å². The van der Waals surface area contributed by atoms with Crippen LogP contribution in [0.25, 0.3) is 0 Å². The molecule has 1 aliphatic heterocycles. The van der Waals surface area contributed by atoms with E-state index in [1.165, 1.54) is 37.8 Å². The molecule has 2 saturated carbocycles. The lowest BCUT2D eigenvalue weighted by molar-refractivity contribution is -0.134. The van der Waals surface area contributed by atoms with Crippen molar-refractivity contribution in [3.05, 3.63) is 30.1 Å². The van der Waals surface area contributed by atoms with Crippen LogP contribution in [0.5, 0.6) is 0 Å². The molecular formula is C20H26FN3O2. The van der Waals surface area contributed by atoms with E-state index in [9.17, 15) is 14.0 Å². The minimum atomic E-state index is -0.328. The number of halogens is 1. The predicted molar refractivity (Wildman–Crippen MR) is 97.1 cm³/mol. The molecule has 1 heterocycles. The molecule has 3 unspecified atom stereocenters. The lowest BCUT2D eigenvalue weighted by Gasteiger charge is -2.35. The molecule has 5 nitrogen and oxygen atoms in total. The maximum atomic E-state index is 12.9. The predicted octanol–water partition coefficient (Wildman–Crippen LogP) is 3.33. The first-order valence-corrected chi connectivity index (χ1v) is 9.68. The summed E-state index contributed by atoms with van der Waals surface area (Å²) in [7, 11) is 0. The first-order valence-electron chi connectivity index (χ1n) is 9.68. The molecule has 0 aromatic heterocycles. The summed E-state index contributed by atoms with van der Waals surface area (Å²) in [6, 6.07) is 5.53. The molecule has 26 heavy (non-hydrogen) atoms. The number of anilines is 1. The monoisotopic (exact) mass is 359 g/mol. The van der Waals surface area contributed by atoms with Gasteiger partial charge in [-0.25, -0.2) is 9.18 Å². The topological polar surface area (TPSA) is 52.7 Å². The van der Waals surface area contributed by atoms with E-state index in [-0.39, 0.29) is 17.8 Å². The molecule has 1 saturated heterocycles. The van der Waals surface area contributed by atoms with Crippen LogP contribution in [0, 0.1) is 23.6 Å². The average Bonchev–Trinajstić information content (AvgIpc) is 3.27. The van der Waals surface area contributed by atoms with Gasteiger partial charge in [0.2, 0.25) is 5.91 Å². The number of nitrogens with zero attached hydrogens (tertiary/aromatic N) is 2. The summed E-state index contributed by atoms with van der Waals surface area (Å²) in [4.78, 5) is 28.5. The molecule has 3 atom stereocenters. The maximum absolute atomic E-state index is 12.9. The highest BCUT2D eigenvalue weighted by Crippen LogP contribution is 2.49. The Kier molecular flexibility index (Phi) is 4.83. The molecule has 1 N–H and O–H groups in total. The fourth-order valence-electron chi connectivity index (χ4n) is 4.87. The van der Waals surface area contributed by atoms with Crippen LogP contribution < -0.4 is 5.32 Å². The third-order valence-electron chi connectivity index (χ3n) is 6.34. The number of hydrogen-bond donors (Lipinski definition) is 1. The number of fused-ring (bicyclic) bond motifs is 2. The fraction of sp³-hybridized carbons (Fsp3) is 0.600. The first-order chi connectivity index (χ1) is 12.6. The lowest BCUT2D eigenvalue weighted by atomic mass is 9.86. The molecule has 2 bridgehead atoms. The van der Waals surface area contributed by atoms with Gasteiger partial charge in [-0.15, -0.1) is 0 Å². The van der Waals surface area contributed by atoms with Gasteiger partial charge in [0.05, 0.1) is 0 Å². The minimum absolute atomic E-state index is 0.197. The van der Waals surface area contributed by atoms with Gasteiger partial charge in [-0.1, -0.05) is 6.42 Å². The molecule has 2 aliphatic carbocycles. The molecule has 0 radical (unpaired) electrons. The molecule has 140 valence electrons. The number of nitrogens with one attached hydrogen (secondary N) is 1. The van der Waals surface area contributed by atoms with Gasteiger partial charge in [0.25, 0.3) is 0 Å². The van der Waals surface area contributed by atoms with Crippen LogP contribution in [0.1, 0.15) is 32.1 Å². The zero-order valence-electron chi connectivity index (χ0n) is 15.0. The number of urea groups is 1. The van der Waals surface area contributed by atoms with Gasteiger partial charge < -0.3 is 15.1 Å². The molecule has 1 aromatic rings. The Morgan fingerprint density at radius 1 is 1.00 bits per heavy atom. The van der Waals surface area contributed by atoms with Crippen LogP contribution in [0.15, 0.2) is 24.3 Å². The van der Waals surface area contributed by atoms with Gasteiger partial charge in [-0.2, -0.15) is 0 Å². The van der Waals surface area contributed by atoms with Crippen LogP contribution in [0.3, 0.4) is 0 Å². The quantitative estimate of drug-likeness (QED) is 0.900. The van der Waals surface area contributed by atoms with Crippen LogP contribution in [0.2, 0.25) is 0 Å². The van der Waals surface area contributed by atoms with Gasteiger partial charge in [0, 0.05) is 38.3 Å². The first kappa shape index (κ1) is 17.3. The highest BCUT2D eigenvalue weighted by Gasteiger charge is 2.40. The largest absolute Gasteiger partial charge is 0.339 e. The van der Waals surface area contributed by atoms with Crippen molar-refractivity contribution in [3.8, 4) is 0 Å². The van der Waals surface area contributed by atoms with Gasteiger partial charge in [0.1, 0.15) is 5.82 Å². The highest BCUT2D eigenvalue weighted by molar-refractivity contribution is 5.89. The van der Waals surface area contributed by atoms with Crippen molar-refractivity contribution in [1.82, 2.24) is 9.80 Å². The fourth-order valence-corrected chi connectivity index (χ4v) is 4.87. The summed E-state index contributed by atoms with van der Waals surface area (Å²) < 4.78 is 12.9. The van der Waals surface area contributed by atoms with Crippen molar-refractivity contribution in [1.29, 1.82) is 0 Å². The smallest absolute Gasteiger partial charge is 0.321 e. The third-order valence-corrected chi connectivity index (χ3v) is 6.34. The number of benzene rings is 1. The average molecular weight is 359 g/mol. The number of piperazine rings is 1. The summed E-state index contributed by atoms with van der Waals surface area (Å²) >= 11 is 0.